The molecule has 0 aliphatic heterocycles. The Hall–Kier alpha value is -1.22. The highest BCUT2D eigenvalue weighted by atomic mass is 35.5. The molecule has 0 saturated carbocycles. The zero-order valence-electron chi connectivity index (χ0n) is 8.84. The van der Waals surface area contributed by atoms with Gasteiger partial charge in [0.1, 0.15) is 5.75 Å². The molecule has 1 aromatic carbocycles. The Bertz CT molecular complexity index is 352. The van der Waals surface area contributed by atoms with Crippen molar-refractivity contribution >= 4 is 17.5 Å². The highest BCUT2D eigenvalue weighted by Crippen LogP contribution is 2.24. The molecule has 0 heterocycles. The molecule has 0 saturated heterocycles. The molecule has 0 bridgehead atoms. The Balaban J connectivity index is 2.99. The predicted molar refractivity (Wildman–Crippen MR) is 61.1 cm³/mol. The minimum atomic E-state index is 0.109. The van der Waals surface area contributed by atoms with E-state index in [1.165, 1.54) is 0 Å². The Morgan fingerprint density at radius 3 is 2.67 bits per heavy atom. The van der Waals surface area contributed by atoms with E-state index in [1.807, 2.05) is 13.8 Å². The van der Waals surface area contributed by atoms with Crippen LogP contribution in [-0.2, 0) is 4.74 Å². The van der Waals surface area contributed by atoms with Gasteiger partial charge in [-0.25, -0.2) is 0 Å². The number of benzene rings is 1. The second-order valence-corrected chi connectivity index (χ2v) is 3.27. The van der Waals surface area contributed by atoms with Gasteiger partial charge in [0.15, 0.2) is 0 Å². The summed E-state index contributed by atoms with van der Waals surface area (Å²) in [7, 11) is 0. The van der Waals surface area contributed by atoms with Crippen molar-refractivity contribution in [1.29, 1.82) is 5.41 Å². The van der Waals surface area contributed by atoms with Crippen LogP contribution >= 0.6 is 11.6 Å². The number of rotatable bonds is 4. The minimum absolute atomic E-state index is 0.109. The number of hydrogen-bond donors (Lipinski definition) is 1. The summed E-state index contributed by atoms with van der Waals surface area (Å²) < 4.78 is 10.5. The average molecular weight is 228 g/mol. The molecule has 1 aromatic rings. The van der Waals surface area contributed by atoms with E-state index < -0.39 is 0 Å². The van der Waals surface area contributed by atoms with Gasteiger partial charge in [0.2, 0.25) is 5.90 Å². The molecule has 0 unspecified atom stereocenters. The summed E-state index contributed by atoms with van der Waals surface area (Å²) in [5.41, 5.74) is 0.628. The monoisotopic (exact) mass is 227 g/mol. The average Bonchev–Trinajstić information content (AvgIpc) is 2.18. The van der Waals surface area contributed by atoms with Crippen LogP contribution in [-0.4, -0.2) is 19.1 Å². The first-order valence-electron chi connectivity index (χ1n) is 4.83. The van der Waals surface area contributed by atoms with Crippen LogP contribution in [0.3, 0.4) is 0 Å². The van der Waals surface area contributed by atoms with Gasteiger partial charge in [-0.2, -0.15) is 0 Å². The number of nitrogens with one attached hydrogen (secondary N) is 1. The van der Waals surface area contributed by atoms with Crippen LogP contribution in [0.4, 0.5) is 0 Å². The van der Waals surface area contributed by atoms with Gasteiger partial charge in [0.05, 0.1) is 18.8 Å². The van der Waals surface area contributed by atoms with Crippen molar-refractivity contribution in [1.82, 2.24) is 0 Å². The largest absolute Gasteiger partial charge is 0.493 e. The fourth-order valence-electron chi connectivity index (χ4n) is 1.18. The maximum atomic E-state index is 7.67. The smallest absolute Gasteiger partial charge is 0.217 e. The van der Waals surface area contributed by atoms with Crippen molar-refractivity contribution in [2.45, 2.75) is 13.8 Å². The zero-order valence-corrected chi connectivity index (χ0v) is 9.60. The lowest BCUT2D eigenvalue weighted by molar-refractivity contribution is 0.315. The topological polar surface area (TPSA) is 42.3 Å². The normalized spacial score (nSPS) is 9.80. The Morgan fingerprint density at radius 2 is 2.07 bits per heavy atom. The molecular weight excluding hydrogens is 214 g/mol. The maximum Gasteiger partial charge on any atom is 0.217 e. The van der Waals surface area contributed by atoms with Crippen molar-refractivity contribution in [3.63, 3.8) is 0 Å². The quantitative estimate of drug-likeness (QED) is 0.635. The lowest BCUT2D eigenvalue weighted by Gasteiger charge is -2.11. The third-order valence-corrected chi connectivity index (χ3v) is 2.01. The van der Waals surface area contributed by atoms with E-state index in [-0.39, 0.29) is 5.90 Å². The predicted octanol–water partition coefficient (Wildman–Crippen LogP) is 3.10. The van der Waals surface area contributed by atoms with E-state index in [0.717, 1.165) is 0 Å². The van der Waals surface area contributed by atoms with Gasteiger partial charge in [-0.15, -0.1) is 0 Å². The van der Waals surface area contributed by atoms with E-state index in [2.05, 4.69) is 0 Å². The summed E-state index contributed by atoms with van der Waals surface area (Å²) in [5.74, 6) is 0.695. The van der Waals surface area contributed by atoms with Crippen LogP contribution in [0.5, 0.6) is 5.75 Å². The second kappa shape index (κ2) is 5.61. The van der Waals surface area contributed by atoms with Crippen LogP contribution < -0.4 is 4.74 Å². The molecule has 15 heavy (non-hydrogen) atoms. The lowest BCUT2D eigenvalue weighted by atomic mass is 10.2. The van der Waals surface area contributed by atoms with Crippen molar-refractivity contribution in [3.05, 3.63) is 28.8 Å². The molecule has 0 spiro atoms. The van der Waals surface area contributed by atoms with E-state index in [9.17, 15) is 0 Å². The molecule has 0 aliphatic rings. The molecule has 1 N–H and O–H groups in total. The maximum absolute atomic E-state index is 7.67. The number of hydrogen-bond acceptors (Lipinski definition) is 3. The highest BCUT2D eigenvalue weighted by molar-refractivity contribution is 6.30. The fourth-order valence-corrected chi connectivity index (χ4v) is 1.34. The van der Waals surface area contributed by atoms with E-state index in [0.29, 0.717) is 29.5 Å². The molecule has 0 fully saturated rings. The van der Waals surface area contributed by atoms with Crippen molar-refractivity contribution < 1.29 is 9.47 Å². The molecule has 0 aliphatic carbocycles. The summed E-state index contributed by atoms with van der Waals surface area (Å²) in [4.78, 5) is 0. The van der Waals surface area contributed by atoms with Gasteiger partial charge in [0, 0.05) is 5.02 Å². The van der Waals surface area contributed by atoms with E-state index >= 15 is 0 Å². The van der Waals surface area contributed by atoms with Crippen LogP contribution in [0.1, 0.15) is 19.4 Å². The minimum Gasteiger partial charge on any atom is -0.493 e. The second-order valence-electron chi connectivity index (χ2n) is 2.84. The highest BCUT2D eigenvalue weighted by Gasteiger charge is 2.10. The lowest BCUT2D eigenvalue weighted by Crippen LogP contribution is -2.07. The van der Waals surface area contributed by atoms with Crippen LogP contribution in [0.15, 0.2) is 18.2 Å². The molecule has 3 nitrogen and oxygen atoms in total. The van der Waals surface area contributed by atoms with Crippen molar-refractivity contribution in [3.8, 4) is 5.75 Å². The van der Waals surface area contributed by atoms with Crippen LogP contribution in [0.2, 0.25) is 5.02 Å². The Morgan fingerprint density at radius 1 is 1.33 bits per heavy atom. The van der Waals surface area contributed by atoms with Gasteiger partial charge in [-0.1, -0.05) is 11.6 Å². The molecule has 0 aromatic heterocycles. The first-order chi connectivity index (χ1) is 7.19. The molecule has 82 valence electrons. The zero-order chi connectivity index (χ0) is 11.3. The molecular formula is C11H14ClNO2. The standard InChI is InChI=1S/C11H14ClNO2/c1-3-14-10-7-8(12)5-6-9(10)11(13)15-4-2/h5-7,13H,3-4H2,1-2H3. The third kappa shape index (κ3) is 3.13. The summed E-state index contributed by atoms with van der Waals surface area (Å²) in [5, 5.41) is 8.26. The van der Waals surface area contributed by atoms with Crippen LogP contribution in [0, 0.1) is 5.41 Å². The Labute approximate surface area is 94.5 Å². The summed E-state index contributed by atoms with van der Waals surface area (Å²) >= 11 is 5.84. The first-order valence-corrected chi connectivity index (χ1v) is 5.20. The summed E-state index contributed by atoms with van der Waals surface area (Å²) in [6, 6.07) is 5.13. The summed E-state index contributed by atoms with van der Waals surface area (Å²) in [6.07, 6.45) is 0. The Kier molecular flexibility index (Phi) is 4.43. The molecule has 0 atom stereocenters. The van der Waals surface area contributed by atoms with Crippen molar-refractivity contribution in [2.75, 3.05) is 13.2 Å². The molecule has 1 rings (SSSR count). The SMILES string of the molecule is CCOC(=N)c1ccc(Cl)cc1OCC. The molecule has 4 heteroatoms. The summed E-state index contributed by atoms with van der Waals surface area (Å²) in [6.45, 7) is 4.72. The number of ether oxygens (including phenoxy) is 2. The third-order valence-electron chi connectivity index (χ3n) is 1.78. The number of halogens is 1. The van der Waals surface area contributed by atoms with Crippen LogP contribution in [0.25, 0.3) is 0 Å². The van der Waals surface area contributed by atoms with Crippen molar-refractivity contribution in [2.24, 2.45) is 0 Å². The first kappa shape index (κ1) is 11.9. The van der Waals surface area contributed by atoms with E-state index in [1.54, 1.807) is 18.2 Å². The molecule has 0 radical (unpaired) electrons. The van der Waals surface area contributed by atoms with Gasteiger partial charge in [-0.05, 0) is 32.0 Å². The van der Waals surface area contributed by atoms with Gasteiger partial charge in [-0.3, -0.25) is 5.41 Å². The molecule has 0 amide bonds. The van der Waals surface area contributed by atoms with E-state index in [4.69, 9.17) is 26.5 Å². The van der Waals surface area contributed by atoms with Gasteiger partial charge < -0.3 is 9.47 Å². The fraction of sp³-hybridized carbons (Fsp3) is 0.364. The van der Waals surface area contributed by atoms with Gasteiger partial charge >= 0.3 is 0 Å². The van der Waals surface area contributed by atoms with Gasteiger partial charge in [0.25, 0.3) is 0 Å².